The van der Waals surface area contributed by atoms with Crippen molar-refractivity contribution >= 4 is 0 Å². The highest BCUT2D eigenvalue weighted by Gasteiger charge is 2.02. The maximum absolute atomic E-state index is 2.27. The lowest BCUT2D eigenvalue weighted by Crippen LogP contribution is -1.92. The van der Waals surface area contributed by atoms with E-state index in [4.69, 9.17) is 0 Å². The predicted molar refractivity (Wildman–Crippen MR) is 41.0 cm³/mol. The van der Waals surface area contributed by atoms with Crippen LogP contribution >= 0.6 is 0 Å². The SMILES string of the molecule is CC1=CC(C)=C(C)C[CH]1. The van der Waals surface area contributed by atoms with Gasteiger partial charge in [0.2, 0.25) is 0 Å². The Morgan fingerprint density at radius 2 is 1.89 bits per heavy atom. The Hall–Kier alpha value is -0.520. The minimum Gasteiger partial charge on any atom is -0.0698 e. The molecule has 0 bridgehead atoms. The van der Waals surface area contributed by atoms with Gasteiger partial charge < -0.3 is 0 Å². The molecule has 0 saturated carbocycles. The van der Waals surface area contributed by atoms with Gasteiger partial charge in [-0.1, -0.05) is 22.8 Å². The van der Waals surface area contributed by atoms with Crippen molar-refractivity contribution in [2.24, 2.45) is 0 Å². The van der Waals surface area contributed by atoms with Crippen LogP contribution in [-0.4, -0.2) is 0 Å². The van der Waals surface area contributed by atoms with E-state index in [9.17, 15) is 0 Å². The average molecular weight is 121 g/mol. The minimum absolute atomic E-state index is 1.15. The maximum Gasteiger partial charge on any atom is -0.00967 e. The maximum atomic E-state index is 2.27. The number of allylic oxidation sites excluding steroid dienone is 4. The molecule has 0 aliphatic heterocycles. The molecule has 0 fully saturated rings. The Bertz CT molecular complexity index is 170. The molecule has 0 aromatic carbocycles. The van der Waals surface area contributed by atoms with Crippen molar-refractivity contribution in [2.45, 2.75) is 27.2 Å². The smallest absolute Gasteiger partial charge is 0.00967 e. The third-order valence-electron chi connectivity index (χ3n) is 1.85. The molecule has 0 unspecified atom stereocenters. The highest BCUT2D eigenvalue weighted by atomic mass is 14.1. The van der Waals surface area contributed by atoms with Crippen LogP contribution in [0.4, 0.5) is 0 Å². The van der Waals surface area contributed by atoms with Gasteiger partial charge in [0.05, 0.1) is 0 Å². The first-order valence-corrected chi connectivity index (χ1v) is 3.38. The summed E-state index contributed by atoms with van der Waals surface area (Å²) in [6.07, 6.45) is 5.65. The molecular formula is C9H13. The van der Waals surface area contributed by atoms with E-state index in [0.717, 1.165) is 6.42 Å². The zero-order chi connectivity index (χ0) is 6.85. The Morgan fingerprint density at radius 3 is 2.33 bits per heavy atom. The molecule has 0 nitrogen and oxygen atoms in total. The van der Waals surface area contributed by atoms with E-state index in [-0.39, 0.29) is 0 Å². The topological polar surface area (TPSA) is 0 Å². The molecule has 0 aromatic heterocycles. The Balaban J connectivity index is 2.83. The van der Waals surface area contributed by atoms with Crippen LogP contribution < -0.4 is 0 Å². The van der Waals surface area contributed by atoms with Gasteiger partial charge in [0.15, 0.2) is 0 Å². The highest BCUT2D eigenvalue weighted by molar-refractivity contribution is 5.35. The molecule has 0 amide bonds. The normalized spacial score (nSPS) is 20.1. The van der Waals surface area contributed by atoms with Crippen LogP contribution in [0.1, 0.15) is 27.2 Å². The summed E-state index contributed by atoms with van der Waals surface area (Å²) in [7, 11) is 0. The molecule has 0 spiro atoms. The fourth-order valence-corrected chi connectivity index (χ4v) is 0.999. The summed E-state index contributed by atoms with van der Waals surface area (Å²) < 4.78 is 0. The molecular weight excluding hydrogens is 108 g/mol. The summed E-state index contributed by atoms with van der Waals surface area (Å²) in [5, 5.41) is 0. The number of hydrogen-bond donors (Lipinski definition) is 0. The summed E-state index contributed by atoms with van der Waals surface area (Å²) in [5.41, 5.74) is 4.34. The van der Waals surface area contributed by atoms with Crippen molar-refractivity contribution in [2.75, 3.05) is 0 Å². The van der Waals surface area contributed by atoms with Gasteiger partial charge in [-0.2, -0.15) is 0 Å². The third-order valence-corrected chi connectivity index (χ3v) is 1.85. The highest BCUT2D eigenvalue weighted by Crippen LogP contribution is 2.21. The van der Waals surface area contributed by atoms with Crippen LogP contribution in [0.15, 0.2) is 22.8 Å². The number of hydrogen-bond acceptors (Lipinski definition) is 0. The predicted octanol–water partition coefficient (Wildman–Crippen LogP) is 2.88. The van der Waals surface area contributed by atoms with Gasteiger partial charge in [-0.3, -0.25) is 0 Å². The molecule has 0 heteroatoms. The molecule has 0 heterocycles. The Morgan fingerprint density at radius 1 is 1.22 bits per heavy atom. The van der Waals surface area contributed by atoms with E-state index >= 15 is 0 Å². The lowest BCUT2D eigenvalue weighted by atomic mass is 9.95. The van der Waals surface area contributed by atoms with Gasteiger partial charge in [-0.25, -0.2) is 0 Å². The Kier molecular flexibility index (Phi) is 1.75. The molecule has 1 aliphatic rings. The second-order valence-corrected chi connectivity index (χ2v) is 2.76. The first-order valence-electron chi connectivity index (χ1n) is 3.38. The fourth-order valence-electron chi connectivity index (χ4n) is 0.999. The van der Waals surface area contributed by atoms with E-state index in [1.807, 2.05) is 0 Å². The summed E-state index contributed by atoms with van der Waals surface area (Å²) in [4.78, 5) is 0. The van der Waals surface area contributed by atoms with Crippen LogP contribution in [-0.2, 0) is 0 Å². The zero-order valence-electron chi connectivity index (χ0n) is 6.36. The number of rotatable bonds is 0. The van der Waals surface area contributed by atoms with Gasteiger partial charge in [0, 0.05) is 0 Å². The zero-order valence-corrected chi connectivity index (χ0v) is 6.36. The summed E-state index contributed by atoms with van der Waals surface area (Å²) >= 11 is 0. The largest absolute Gasteiger partial charge is 0.0698 e. The standard InChI is InChI=1S/C9H13/c1-7-4-5-8(2)9(3)6-7/h4,6H,5H2,1-3H3. The molecule has 1 rings (SSSR count). The second kappa shape index (κ2) is 2.38. The van der Waals surface area contributed by atoms with E-state index in [0.29, 0.717) is 0 Å². The van der Waals surface area contributed by atoms with Crippen LogP contribution in [0, 0.1) is 6.42 Å². The van der Waals surface area contributed by atoms with Crippen LogP contribution in [0.3, 0.4) is 0 Å². The first-order chi connectivity index (χ1) is 4.20. The summed E-state index contributed by atoms with van der Waals surface area (Å²) in [5.74, 6) is 0. The van der Waals surface area contributed by atoms with Crippen molar-refractivity contribution in [3.8, 4) is 0 Å². The van der Waals surface area contributed by atoms with Crippen molar-refractivity contribution in [3.05, 3.63) is 29.2 Å². The van der Waals surface area contributed by atoms with Crippen molar-refractivity contribution in [1.29, 1.82) is 0 Å². The second-order valence-electron chi connectivity index (χ2n) is 2.76. The molecule has 0 N–H and O–H groups in total. The van der Waals surface area contributed by atoms with Gasteiger partial charge >= 0.3 is 0 Å². The molecule has 1 radical (unpaired) electrons. The Labute approximate surface area is 57.3 Å². The van der Waals surface area contributed by atoms with E-state index in [1.165, 1.54) is 16.7 Å². The average Bonchev–Trinajstić information content (AvgIpc) is 1.80. The van der Waals surface area contributed by atoms with E-state index in [1.54, 1.807) is 0 Å². The van der Waals surface area contributed by atoms with Crippen molar-refractivity contribution < 1.29 is 0 Å². The van der Waals surface area contributed by atoms with Crippen molar-refractivity contribution in [1.82, 2.24) is 0 Å². The first kappa shape index (κ1) is 6.60. The molecule has 49 valence electrons. The molecule has 0 aromatic rings. The van der Waals surface area contributed by atoms with Crippen LogP contribution in [0.2, 0.25) is 0 Å². The van der Waals surface area contributed by atoms with E-state index < -0.39 is 0 Å². The molecule has 1 aliphatic carbocycles. The summed E-state index contributed by atoms with van der Waals surface area (Å²) in [6.45, 7) is 6.51. The van der Waals surface area contributed by atoms with Gasteiger partial charge in [-0.15, -0.1) is 0 Å². The quantitative estimate of drug-likeness (QED) is 0.462. The van der Waals surface area contributed by atoms with Gasteiger partial charge in [0.25, 0.3) is 0 Å². The van der Waals surface area contributed by atoms with Crippen LogP contribution in [0.5, 0.6) is 0 Å². The third kappa shape index (κ3) is 1.44. The lowest BCUT2D eigenvalue weighted by Gasteiger charge is -2.11. The van der Waals surface area contributed by atoms with Crippen molar-refractivity contribution in [3.63, 3.8) is 0 Å². The van der Waals surface area contributed by atoms with Crippen LogP contribution in [0.25, 0.3) is 0 Å². The fraction of sp³-hybridized carbons (Fsp3) is 0.444. The van der Waals surface area contributed by atoms with Gasteiger partial charge in [-0.05, 0) is 33.6 Å². The summed E-state index contributed by atoms with van der Waals surface area (Å²) in [6, 6.07) is 0. The molecule has 9 heavy (non-hydrogen) atoms. The van der Waals surface area contributed by atoms with E-state index in [2.05, 4.69) is 33.3 Å². The lowest BCUT2D eigenvalue weighted by molar-refractivity contribution is 1.05. The molecule has 0 atom stereocenters. The van der Waals surface area contributed by atoms with Gasteiger partial charge in [0.1, 0.15) is 0 Å². The minimum atomic E-state index is 1.15. The monoisotopic (exact) mass is 121 g/mol. The molecule has 0 saturated heterocycles.